The van der Waals surface area contributed by atoms with Gasteiger partial charge in [0.05, 0.1) is 23.4 Å². The Labute approximate surface area is 148 Å². The van der Waals surface area contributed by atoms with Gasteiger partial charge in [-0.25, -0.2) is 0 Å². The predicted octanol–water partition coefficient (Wildman–Crippen LogP) is 3.83. The zero-order valence-electron chi connectivity index (χ0n) is 14.0. The van der Waals surface area contributed by atoms with Crippen molar-refractivity contribution in [2.45, 2.75) is 44.4 Å². The lowest BCUT2D eigenvalue weighted by Gasteiger charge is -2.26. The van der Waals surface area contributed by atoms with Crippen LogP contribution >= 0.6 is 0 Å². The van der Waals surface area contributed by atoms with Crippen molar-refractivity contribution in [3.05, 3.63) is 41.6 Å². The number of carbonyl (C=O) groups is 1. The van der Waals surface area contributed by atoms with E-state index in [9.17, 15) is 18.0 Å². The quantitative estimate of drug-likeness (QED) is 0.751. The average Bonchev–Trinajstić information content (AvgIpc) is 3.08. The molecule has 1 aromatic heterocycles. The minimum absolute atomic E-state index is 0.237. The third-order valence-electron chi connectivity index (χ3n) is 4.88. The molecule has 1 fully saturated rings. The van der Waals surface area contributed by atoms with Gasteiger partial charge in [0.2, 0.25) is 0 Å². The summed E-state index contributed by atoms with van der Waals surface area (Å²) < 4.78 is 38.0. The number of nitrogens with one attached hydrogen (secondary N) is 2. The lowest BCUT2D eigenvalue weighted by Crippen LogP contribution is -2.34. The molecular formula is C18H20F3N3O2. The van der Waals surface area contributed by atoms with Crippen molar-refractivity contribution in [2.24, 2.45) is 5.92 Å². The van der Waals surface area contributed by atoms with Crippen LogP contribution in [0.25, 0.3) is 11.3 Å². The van der Waals surface area contributed by atoms with E-state index in [1.54, 1.807) is 6.20 Å². The number of H-pyrrole nitrogens is 1. The Morgan fingerprint density at radius 1 is 1.19 bits per heavy atom. The van der Waals surface area contributed by atoms with Gasteiger partial charge in [-0.3, -0.25) is 9.89 Å². The summed E-state index contributed by atoms with van der Waals surface area (Å²) in [6, 6.07) is 5.21. The Hall–Kier alpha value is -2.35. The van der Waals surface area contributed by atoms with Gasteiger partial charge < -0.3 is 10.4 Å². The number of nitrogens with zero attached hydrogens (tertiary/aromatic N) is 1. The highest BCUT2D eigenvalue weighted by Crippen LogP contribution is 2.31. The number of alkyl halides is 3. The molecule has 0 aliphatic heterocycles. The number of carboxylic acids is 1. The monoisotopic (exact) mass is 367 g/mol. The predicted molar refractivity (Wildman–Crippen MR) is 89.2 cm³/mol. The van der Waals surface area contributed by atoms with Crippen molar-refractivity contribution in [3.63, 3.8) is 0 Å². The SMILES string of the molecule is O=C(O)C1CCC(NCc2cn[nH]c2-c2ccc(C(F)(F)F)cc2)CC1. The van der Waals surface area contributed by atoms with Crippen LogP contribution in [0.1, 0.15) is 36.8 Å². The molecule has 26 heavy (non-hydrogen) atoms. The van der Waals surface area contributed by atoms with Crippen LogP contribution in [-0.2, 0) is 17.5 Å². The maximum Gasteiger partial charge on any atom is 0.416 e. The molecule has 1 aliphatic carbocycles. The number of hydrogen-bond donors (Lipinski definition) is 3. The molecular weight excluding hydrogens is 347 g/mol. The third-order valence-corrected chi connectivity index (χ3v) is 4.88. The lowest BCUT2D eigenvalue weighted by molar-refractivity contribution is -0.143. The first-order valence-electron chi connectivity index (χ1n) is 8.50. The highest BCUT2D eigenvalue weighted by molar-refractivity contribution is 5.70. The molecule has 0 saturated heterocycles. The molecule has 0 unspecified atom stereocenters. The largest absolute Gasteiger partial charge is 0.481 e. The van der Waals surface area contributed by atoms with Gasteiger partial charge in [0, 0.05) is 18.2 Å². The van der Waals surface area contributed by atoms with Gasteiger partial charge in [-0.2, -0.15) is 18.3 Å². The molecule has 2 aromatic rings. The van der Waals surface area contributed by atoms with Crippen LogP contribution in [0.4, 0.5) is 13.2 Å². The van der Waals surface area contributed by atoms with Crippen molar-refractivity contribution in [1.82, 2.24) is 15.5 Å². The second-order valence-corrected chi connectivity index (χ2v) is 6.61. The van der Waals surface area contributed by atoms with E-state index in [2.05, 4.69) is 15.5 Å². The maximum atomic E-state index is 12.7. The minimum atomic E-state index is -4.36. The normalized spacial score (nSPS) is 20.9. The minimum Gasteiger partial charge on any atom is -0.481 e. The smallest absolute Gasteiger partial charge is 0.416 e. The van der Waals surface area contributed by atoms with Gasteiger partial charge in [0.1, 0.15) is 0 Å². The zero-order valence-corrected chi connectivity index (χ0v) is 14.0. The van der Waals surface area contributed by atoms with Crippen LogP contribution in [-0.4, -0.2) is 27.3 Å². The number of aromatic nitrogens is 2. The van der Waals surface area contributed by atoms with E-state index >= 15 is 0 Å². The van der Waals surface area contributed by atoms with Gasteiger partial charge >= 0.3 is 12.1 Å². The Morgan fingerprint density at radius 3 is 2.42 bits per heavy atom. The van der Waals surface area contributed by atoms with Crippen LogP contribution in [0.2, 0.25) is 0 Å². The van der Waals surface area contributed by atoms with Crippen molar-refractivity contribution in [1.29, 1.82) is 0 Å². The molecule has 0 radical (unpaired) electrons. The summed E-state index contributed by atoms with van der Waals surface area (Å²) in [5, 5.41) is 19.3. The standard InChI is InChI=1S/C18H20F3N3O2/c19-18(20,21)14-5-1-11(2-6-14)16-13(10-23-24-16)9-22-15-7-3-12(4-8-15)17(25)26/h1-2,5-6,10,12,15,22H,3-4,7-9H2,(H,23,24)(H,25,26). The molecule has 8 heteroatoms. The molecule has 0 spiro atoms. The Kier molecular flexibility index (Phi) is 5.31. The molecule has 0 bridgehead atoms. The molecule has 1 heterocycles. The summed E-state index contributed by atoms with van der Waals surface area (Å²) >= 11 is 0. The highest BCUT2D eigenvalue weighted by atomic mass is 19.4. The van der Waals surface area contributed by atoms with E-state index in [-0.39, 0.29) is 12.0 Å². The lowest BCUT2D eigenvalue weighted by atomic mass is 9.86. The van der Waals surface area contributed by atoms with Gasteiger partial charge in [-0.05, 0) is 43.4 Å². The van der Waals surface area contributed by atoms with Crippen LogP contribution < -0.4 is 5.32 Å². The number of halogens is 3. The number of rotatable bonds is 5. The fraction of sp³-hybridized carbons (Fsp3) is 0.444. The molecule has 140 valence electrons. The first-order valence-corrected chi connectivity index (χ1v) is 8.50. The van der Waals surface area contributed by atoms with Gasteiger partial charge in [-0.15, -0.1) is 0 Å². The van der Waals surface area contributed by atoms with E-state index in [0.29, 0.717) is 30.6 Å². The Bertz CT molecular complexity index is 748. The Morgan fingerprint density at radius 2 is 1.85 bits per heavy atom. The van der Waals surface area contributed by atoms with Gasteiger partial charge in [0.15, 0.2) is 0 Å². The molecule has 5 nitrogen and oxygen atoms in total. The molecule has 3 N–H and O–H groups in total. The molecule has 1 aromatic carbocycles. The van der Waals surface area contributed by atoms with Crippen LogP contribution in [0.3, 0.4) is 0 Å². The van der Waals surface area contributed by atoms with E-state index in [1.807, 2.05) is 0 Å². The van der Waals surface area contributed by atoms with E-state index < -0.39 is 17.7 Å². The maximum absolute atomic E-state index is 12.7. The number of benzene rings is 1. The fourth-order valence-electron chi connectivity index (χ4n) is 3.32. The molecule has 3 rings (SSSR count). The van der Waals surface area contributed by atoms with Crippen LogP contribution in [0, 0.1) is 5.92 Å². The van der Waals surface area contributed by atoms with Crippen LogP contribution in [0.5, 0.6) is 0 Å². The zero-order chi connectivity index (χ0) is 18.7. The summed E-state index contributed by atoms with van der Waals surface area (Å²) in [5.41, 5.74) is 1.51. The summed E-state index contributed by atoms with van der Waals surface area (Å²) in [4.78, 5) is 11.0. The second kappa shape index (κ2) is 7.49. The topological polar surface area (TPSA) is 78.0 Å². The summed E-state index contributed by atoms with van der Waals surface area (Å²) in [7, 11) is 0. The van der Waals surface area contributed by atoms with E-state index in [0.717, 1.165) is 30.5 Å². The van der Waals surface area contributed by atoms with Crippen molar-refractivity contribution in [3.8, 4) is 11.3 Å². The van der Waals surface area contributed by atoms with Crippen molar-refractivity contribution >= 4 is 5.97 Å². The number of aromatic amines is 1. The molecule has 0 atom stereocenters. The second-order valence-electron chi connectivity index (χ2n) is 6.61. The fourth-order valence-corrected chi connectivity index (χ4v) is 3.32. The Balaban J connectivity index is 1.62. The molecule has 1 aliphatic rings. The summed E-state index contributed by atoms with van der Waals surface area (Å²) in [6.45, 7) is 0.523. The molecule has 0 amide bonds. The highest BCUT2D eigenvalue weighted by Gasteiger charge is 2.30. The van der Waals surface area contributed by atoms with Crippen molar-refractivity contribution in [2.75, 3.05) is 0 Å². The van der Waals surface area contributed by atoms with Crippen molar-refractivity contribution < 1.29 is 23.1 Å². The van der Waals surface area contributed by atoms with Crippen LogP contribution in [0.15, 0.2) is 30.5 Å². The first-order chi connectivity index (χ1) is 12.3. The number of hydrogen-bond acceptors (Lipinski definition) is 3. The average molecular weight is 367 g/mol. The first kappa shape index (κ1) is 18.4. The van der Waals surface area contributed by atoms with Gasteiger partial charge in [0.25, 0.3) is 0 Å². The van der Waals surface area contributed by atoms with Gasteiger partial charge in [-0.1, -0.05) is 12.1 Å². The summed E-state index contributed by atoms with van der Waals surface area (Å²) in [6.07, 6.45) is 0.206. The van der Waals surface area contributed by atoms with E-state index in [1.165, 1.54) is 12.1 Å². The number of aliphatic carboxylic acids is 1. The number of carboxylic acid groups (broad SMARTS) is 1. The van der Waals surface area contributed by atoms with E-state index in [4.69, 9.17) is 5.11 Å². The molecule has 1 saturated carbocycles. The third kappa shape index (κ3) is 4.24. The summed E-state index contributed by atoms with van der Waals surface area (Å²) in [5.74, 6) is -0.993.